The number of carbonyl (C=O) groups excluding carboxylic acids is 1. The van der Waals surface area contributed by atoms with Gasteiger partial charge < -0.3 is 10.5 Å². The fourth-order valence-corrected chi connectivity index (χ4v) is 7.02. The Hall–Kier alpha value is -1.09. The van der Waals surface area contributed by atoms with Gasteiger partial charge in [0.2, 0.25) is 0 Å². The van der Waals surface area contributed by atoms with Crippen LogP contribution in [0.1, 0.15) is 99.3 Å². The SMILES string of the molecule is C=C(C)CCCC1C2CCC3=C[C@@H](OC(=O)[C@@H](N)C(C)C)CC[C@]3(C)C2CCC1(C)C. The van der Waals surface area contributed by atoms with Gasteiger partial charge in [0.15, 0.2) is 0 Å². The highest BCUT2D eigenvalue weighted by Crippen LogP contribution is 2.62. The molecule has 3 rings (SSSR count). The first-order valence-corrected chi connectivity index (χ1v) is 12.8. The van der Waals surface area contributed by atoms with E-state index in [1.807, 2.05) is 13.8 Å². The lowest BCUT2D eigenvalue weighted by molar-refractivity contribution is -0.151. The van der Waals surface area contributed by atoms with Crippen molar-refractivity contribution in [1.82, 2.24) is 0 Å². The van der Waals surface area contributed by atoms with Gasteiger partial charge in [-0.1, -0.05) is 45.8 Å². The summed E-state index contributed by atoms with van der Waals surface area (Å²) in [6.45, 7) is 17.8. The summed E-state index contributed by atoms with van der Waals surface area (Å²) in [4.78, 5) is 12.4. The zero-order valence-electron chi connectivity index (χ0n) is 21.0. The molecule has 3 aliphatic carbocycles. The van der Waals surface area contributed by atoms with Crippen LogP contribution >= 0.6 is 0 Å². The van der Waals surface area contributed by atoms with E-state index in [0.717, 1.165) is 43.4 Å². The molecular weight excluding hydrogens is 382 g/mol. The van der Waals surface area contributed by atoms with Crippen LogP contribution in [0.2, 0.25) is 0 Å². The van der Waals surface area contributed by atoms with Crippen molar-refractivity contribution in [1.29, 1.82) is 0 Å². The number of ether oxygens (including phenoxy) is 1. The molecule has 3 unspecified atom stereocenters. The first-order chi connectivity index (χ1) is 14.5. The van der Waals surface area contributed by atoms with Crippen molar-refractivity contribution < 1.29 is 9.53 Å². The highest BCUT2D eigenvalue weighted by atomic mass is 16.5. The quantitative estimate of drug-likeness (QED) is 0.357. The molecule has 0 spiro atoms. The minimum atomic E-state index is -0.525. The van der Waals surface area contributed by atoms with Crippen LogP contribution in [-0.4, -0.2) is 18.1 Å². The Labute approximate surface area is 191 Å². The number of rotatable bonds is 7. The monoisotopic (exact) mass is 429 g/mol. The van der Waals surface area contributed by atoms with Gasteiger partial charge in [0.1, 0.15) is 12.1 Å². The summed E-state index contributed by atoms with van der Waals surface area (Å²) in [6, 6.07) is -0.525. The van der Waals surface area contributed by atoms with Crippen LogP contribution in [0.5, 0.6) is 0 Å². The van der Waals surface area contributed by atoms with E-state index in [9.17, 15) is 4.79 Å². The van der Waals surface area contributed by atoms with Gasteiger partial charge in [-0.3, -0.25) is 4.79 Å². The molecule has 2 N–H and O–H groups in total. The van der Waals surface area contributed by atoms with E-state index in [-0.39, 0.29) is 23.4 Å². The van der Waals surface area contributed by atoms with Crippen LogP contribution in [0.3, 0.4) is 0 Å². The van der Waals surface area contributed by atoms with Crippen molar-refractivity contribution in [3.63, 3.8) is 0 Å². The van der Waals surface area contributed by atoms with E-state index in [0.29, 0.717) is 5.41 Å². The predicted molar refractivity (Wildman–Crippen MR) is 130 cm³/mol. The molecule has 176 valence electrons. The summed E-state index contributed by atoms with van der Waals surface area (Å²) in [5.41, 5.74) is 9.60. The molecule has 3 nitrogen and oxygen atoms in total. The molecule has 0 radical (unpaired) electrons. The molecule has 6 atom stereocenters. The zero-order chi connectivity index (χ0) is 23.0. The predicted octanol–water partition coefficient (Wildman–Crippen LogP) is 6.82. The maximum atomic E-state index is 12.4. The van der Waals surface area contributed by atoms with E-state index in [1.54, 1.807) is 5.57 Å². The summed E-state index contributed by atoms with van der Waals surface area (Å²) in [7, 11) is 0. The van der Waals surface area contributed by atoms with Gasteiger partial charge in [-0.2, -0.15) is 0 Å². The summed E-state index contributed by atoms with van der Waals surface area (Å²) in [5, 5.41) is 0. The van der Waals surface area contributed by atoms with Crippen LogP contribution in [0.4, 0.5) is 0 Å². The summed E-state index contributed by atoms with van der Waals surface area (Å²) < 4.78 is 5.83. The Kier molecular flexibility index (Phi) is 7.46. The molecule has 0 amide bonds. The fourth-order valence-electron chi connectivity index (χ4n) is 7.02. The number of esters is 1. The van der Waals surface area contributed by atoms with Crippen molar-refractivity contribution >= 4 is 5.97 Å². The molecule has 0 aromatic carbocycles. The Morgan fingerprint density at radius 1 is 1.23 bits per heavy atom. The van der Waals surface area contributed by atoms with Crippen molar-refractivity contribution in [3.8, 4) is 0 Å². The van der Waals surface area contributed by atoms with Crippen LogP contribution < -0.4 is 5.73 Å². The second-order valence-corrected chi connectivity index (χ2v) is 12.2. The number of fused-ring (bicyclic) bond motifs is 3. The average molecular weight is 430 g/mol. The van der Waals surface area contributed by atoms with Gasteiger partial charge >= 0.3 is 5.97 Å². The van der Waals surface area contributed by atoms with Gasteiger partial charge in [-0.05, 0) is 105 Å². The van der Waals surface area contributed by atoms with Gasteiger partial charge in [0, 0.05) is 0 Å². The van der Waals surface area contributed by atoms with Crippen molar-refractivity contribution in [2.24, 2.45) is 40.2 Å². The lowest BCUT2D eigenvalue weighted by Gasteiger charge is -2.58. The number of hydrogen-bond donors (Lipinski definition) is 1. The number of nitrogens with two attached hydrogens (primary N) is 1. The molecule has 2 saturated carbocycles. The molecule has 31 heavy (non-hydrogen) atoms. The van der Waals surface area contributed by atoms with Crippen LogP contribution in [-0.2, 0) is 9.53 Å². The number of allylic oxidation sites excluding steroid dienone is 2. The van der Waals surface area contributed by atoms with E-state index in [1.165, 1.54) is 37.7 Å². The van der Waals surface area contributed by atoms with E-state index < -0.39 is 6.04 Å². The van der Waals surface area contributed by atoms with E-state index >= 15 is 0 Å². The highest BCUT2D eigenvalue weighted by molar-refractivity contribution is 5.76. The Balaban J connectivity index is 1.74. The van der Waals surface area contributed by atoms with Crippen LogP contribution in [0.25, 0.3) is 0 Å². The van der Waals surface area contributed by atoms with Crippen molar-refractivity contribution in [2.45, 2.75) is 111 Å². The molecule has 0 saturated heterocycles. The van der Waals surface area contributed by atoms with Gasteiger partial charge in [-0.15, -0.1) is 6.58 Å². The summed E-state index contributed by atoms with van der Waals surface area (Å²) >= 11 is 0. The zero-order valence-corrected chi connectivity index (χ0v) is 21.0. The van der Waals surface area contributed by atoms with Gasteiger partial charge in [0.25, 0.3) is 0 Å². The van der Waals surface area contributed by atoms with Gasteiger partial charge in [0.05, 0.1) is 0 Å². The summed E-state index contributed by atoms with van der Waals surface area (Å²) in [5.74, 6) is 2.26. The van der Waals surface area contributed by atoms with Crippen LogP contribution in [0, 0.1) is 34.5 Å². The highest BCUT2D eigenvalue weighted by Gasteiger charge is 2.53. The molecule has 2 fully saturated rings. The minimum absolute atomic E-state index is 0.0941. The smallest absolute Gasteiger partial charge is 0.323 e. The van der Waals surface area contributed by atoms with Gasteiger partial charge in [-0.25, -0.2) is 0 Å². The number of hydrogen-bond acceptors (Lipinski definition) is 3. The van der Waals surface area contributed by atoms with E-state index in [2.05, 4.69) is 40.3 Å². The molecule has 0 heterocycles. The third-order valence-electron chi connectivity index (χ3n) is 9.15. The minimum Gasteiger partial charge on any atom is -0.457 e. The average Bonchev–Trinajstić information content (AvgIpc) is 2.68. The third-order valence-corrected chi connectivity index (χ3v) is 9.15. The standard InChI is InChI=1S/C28H47NO2/c1-18(2)9-8-10-23-22-12-11-20-17-21(31-26(30)25(29)19(3)4)13-16-28(20,7)24(22)14-15-27(23,5)6/h17,19,21-25H,1,8-16,29H2,2-7H3/t21-,22?,23?,24?,25-,28-/m0/s1. The molecule has 0 bridgehead atoms. The third kappa shape index (κ3) is 5.13. The molecule has 0 aromatic rings. The first-order valence-electron chi connectivity index (χ1n) is 12.8. The Morgan fingerprint density at radius 3 is 2.58 bits per heavy atom. The fraction of sp³-hybridized carbons (Fsp3) is 0.821. The number of carbonyl (C=O) groups is 1. The molecule has 0 aliphatic heterocycles. The molecule has 3 heteroatoms. The second-order valence-electron chi connectivity index (χ2n) is 12.2. The van der Waals surface area contributed by atoms with Crippen LogP contribution in [0.15, 0.2) is 23.8 Å². The van der Waals surface area contributed by atoms with Crippen molar-refractivity contribution in [2.75, 3.05) is 0 Å². The lowest BCUT2D eigenvalue weighted by Crippen LogP contribution is -2.50. The maximum absolute atomic E-state index is 12.4. The molecule has 3 aliphatic rings. The molecule has 0 aromatic heterocycles. The largest absolute Gasteiger partial charge is 0.457 e. The second kappa shape index (κ2) is 9.41. The Morgan fingerprint density at radius 2 is 1.94 bits per heavy atom. The lowest BCUT2D eigenvalue weighted by atomic mass is 9.46. The topological polar surface area (TPSA) is 52.3 Å². The van der Waals surface area contributed by atoms with Crippen molar-refractivity contribution in [3.05, 3.63) is 23.8 Å². The normalized spacial score (nSPS) is 35.5. The first kappa shape index (κ1) is 24.6. The van der Waals surface area contributed by atoms with E-state index in [4.69, 9.17) is 10.5 Å². The molecular formula is C28H47NO2. The Bertz CT molecular complexity index is 706. The summed E-state index contributed by atoms with van der Waals surface area (Å²) in [6.07, 6.45) is 13.2. The maximum Gasteiger partial charge on any atom is 0.323 e.